The fraction of sp³-hybridized carbons (Fsp3) is 0.125. The maximum atomic E-state index is 11.9. The molecule has 0 unspecified atom stereocenters. The van der Waals surface area contributed by atoms with Crippen LogP contribution in [-0.4, -0.2) is 33.1 Å². The number of H-pyrrole nitrogens is 1. The van der Waals surface area contributed by atoms with E-state index in [1.807, 2.05) is 19.1 Å². The molecule has 3 rings (SSSR count). The molecule has 8 nitrogen and oxygen atoms in total. The number of hydrazone groups is 1. The Bertz CT molecular complexity index is 906. The van der Waals surface area contributed by atoms with E-state index in [0.29, 0.717) is 27.6 Å². The molecule has 0 fully saturated rings. The number of aryl methyl sites for hydroxylation is 1. The third-order valence-corrected chi connectivity index (χ3v) is 4.15. The minimum absolute atomic E-state index is 0.164. The van der Waals surface area contributed by atoms with E-state index in [1.165, 1.54) is 18.0 Å². The molecule has 1 aromatic carbocycles. The summed E-state index contributed by atoms with van der Waals surface area (Å²) in [6, 6.07) is 10.5. The highest BCUT2D eigenvalue weighted by molar-refractivity contribution is 7.99. The van der Waals surface area contributed by atoms with Gasteiger partial charge in [0.05, 0.1) is 12.0 Å². The van der Waals surface area contributed by atoms with Crippen molar-refractivity contribution in [2.24, 2.45) is 5.10 Å². The first kappa shape index (κ1) is 18.0. The van der Waals surface area contributed by atoms with E-state index < -0.39 is 0 Å². The van der Waals surface area contributed by atoms with Gasteiger partial charge >= 0.3 is 0 Å². The van der Waals surface area contributed by atoms with Crippen molar-refractivity contribution in [3.05, 3.63) is 52.9 Å². The predicted molar refractivity (Wildman–Crippen MR) is 102 cm³/mol. The van der Waals surface area contributed by atoms with Crippen LogP contribution in [0.1, 0.15) is 11.5 Å². The van der Waals surface area contributed by atoms with E-state index in [0.717, 1.165) is 5.76 Å². The molecular formula is C16H15ClN6O2S. The summed E-state index contributed by atoms with van der Waals surface area (Å²) >= 11 is 7.01. The number of aromatic nitrogens is 3. The second-order valence-corrected chi connectivity index (χ2v) is 6.51. The lowest BCUT2D eigenvalue weighted by atomic mass is 10.3. The largest absolute Gasteiger partial charge is 0.460 e. The highest BCUT2D eigenvalue weighted by Crippen LogP contribution is 2.16. The molecular weight excluding hydrogens is 376 g/mol. The molecule has 0 aliphatic heterocycles. The number of amides is 1. The molecule has 10 heteroatoms. The lowest BCUT2D eigenvalue weighted by Crippen LogP contribution is -2.13. The van der Waals surface area contributed by atoms with Crippen molar-refractivity contribution >= 4 is 47.1 Å². The Morgan fingerprint density at radius 3 is 2.88 bits per heavy atom. The van der Waals surface area contributed by atoms with Crippen molar-refractivity contribution in [3.63, 3.8) is 0 Å². The van der Waals surface area contributed by atoms with Gasteiger partial charge in [0, 0.05) is 10.7 Å². The molecule has 3 N–H and O–H groups in total. The number of benzene rings is 1. The molecule has 3 aromatic rings. The van der Waals surface area contributed by atoms with Gasteiger partial charge in [0.15, 0.2) is 0 Å². The number of carbonyl (C=O) groups is 1. The average Bonchev–Trinajstić information content (AvgIpc) is 3.24. The first-order valence-corrected chi connectivity index (χ1v) is 8.91. The van der Waals surface area contributed by atoms with Gasteiger partial charge in [-0.3, -0.25) is 4.79 Å². The van der Waals surface area contributed by atoms with Crippen LogP contribution < -0.4 is 10.7 Å². The maximum Gasteiger partial charge on any atom is 0.240 e. The zero-order valence-corrected chi connectivity index (χ0v) is 15.3. The van der Waals surface area contributed by atoms with Crippen LogP contribution in [0.2, 0.25) is 5.02 Å². The van der Waals surface area contributed by atoms with Gasteiger partial charge in [-0.2, -0.15) is 10.1 Å². The van der Waals surface area contributed by atoms with Crippen LogP contribution in [0, 0.1) is 6.92 Å². The monoisotopic (exact) mass is 390 g/mol. The van der Waals surface area contributed by atoms with Crippen LogP contribution in [0.5, 0.6) is 0 Å². The van der Waals surface area contributed by atoms with Gasteiger partial charge in [-0.25, -0.2) is 10.5 Å². The number of rotatable bonds is 7. The zero-order chi connectivity index (χ0) is 18.4. The molecule has 26 heavy (non-hydrogen) atoms. The molecule has 134 valence electrons. The van der Waals surface area contributed by atoms with Gasteiger partial charge < -0.3 is 9.73 Å². The number of nitrogens with zero attached hydrogens (tertiary/aromatic N) is 3. The summed E-state index contributed by atoms with van der Waals surface area (Å²) in [5, 5.41) is 14.5. The van der Waals surface area contributed by atoms with E-state index in [2.05, 4.69) is 31.0 Å². The summed E-state index contributed by atoms with van der Waals surface area (Å²) in [6.45, 7) is 1.85. The van der Waals surface area contributed by atoms with Gasteiger partial charge in [0.25, 0.3) is 0 Å². The van der Waals surface area contributed by atoms with Crippen molar-refractivity contribution in [2.75, 3.05) is 16.5 Å². The number of halogens is 1. The summed E-state index contributed by atoms with van der Waals surface area (Å²) < 4.78 is 5.36. The molecule has 0 aliphatic carbocycles. The highest BCUT2D eigenvalue weighted by Gasteiger charge is 2.08. The summed E-state index contributed by atoms with van der Waals surface area (Å²) in [6.07, 6.45) is 1.53. The SMILES string of the molecule is Cc1ccc(/C=N\Nc2nc(SCC(=O)Nc3ccc(Cl)cc3)n[nH]2)o1. The molecule has 2 aromatic heterocycles. The second-order valence-electron chi connectivity index (χ2n) is 5.13. The predicted octanol–water partition coefficient (Wildman–Crippen LogP) is 3.54. The molecule has 0 radical (unpaired) electrons. The quantitative estimate of drug-likeness (QED) is 0.323. The van der Waals surface area contributed by atoms with Crippen molar-refractivity contribution in [1.29, 1.82) is 0 Å². The third kappa shape index (κ3) is 5.36. The van der Waals surface area contributed by atoms with Crippen molar-refractivity contribution in [3.8, 4) is 0 Å². The molecule has 0 bridgehead atoms. The number of hydrogen-bond acceptors (Lipinski definition) is 7. The van der Waals surface area contributed by atoms with Crippen LogP contribution in [0.4, 0.5) is 11.6 Å². The minimum Gasteiger partial charge on any atom is -0.460 e. The Kier molecular flexibility index (Phi) is 5.92. The number of carbonyl (C=O) groups excluding carboxylic acids is 1. The second kappa shape index (κ2) is 8.54. The third-order valence-electron chi connectivity index (χ3n) is 3.05. The van der Waals surface area contributed by atoms with Gasteiger partial charge in [-0.15, -0.1) is 5.10 Å². The van der Waals surface area contributed by atoms with Gasteiger partial charge in [-0.1, -0.05) is 23.4 Å². The Morgan fingerprint density at radius 1 is 1.35 bits per heavy atom. The summed E-state index contributed by atoms with van der Waals surface area (Å²) in [4.78, 5) is 16.1. The molecule has 0 aliphatic rings. The normalized spacial score (nSPS) is 11.0. The lowest BCUT2D eigenvalue weighted by Gasteiger charge is -2.03. The molecule has 1 amide bonds. The number of nitrogens with one attached hydrogen (secondary N) is 3. The first-order chi connectivity index (χ1) is 12.6. The topological polar surface area (TPSA) is 108 Å². The van der Waals surface area contributed by atoms with Crippen molar-refractivity contribution < 1.29 is 9.21 Å². The molecule has 0 saturated carbocycles. The Hall–Kier alpha value is -2.78. The van der Waals surface area contributed by atoms with Crippen LogP contribution in [0.3, 0.4) is 0 Å². The van der Waals surface area contributed by atoms with E-state index in [-0.39, 0.29) is 11.7 Å². The number of hydrogen-bond donors (Lipinski definition) is 3. The van der Waals surface area contributed by atoms with Crippen LogP contribution in [-0.2, 0) is 4.79 Å². The number of aromatic amines is 1. The number of thioether (sulfide) groups is 1. The highest BCUT2D eigenvalue weighted by atomic mass is 35.5. The smallest absolute Gasteiger partial charge is 0.240 e. The Labute approximate surface area is 158 Å². The minimum atomic E-state index is -0.164. The van der Waals surface area contributed by atoms with Gasteiger partial charge in [0.1, 0.15) is 11.5 Å². The van der Waals surface area contributed by atoms with Gasteiger partial charge in [-0.05, 0) is 43.3 Å². The van der Waals surface area contributed by atoms with E-state index in [9.17, 15) is 4.79 Å². The standard InChI is InChI=1S/C16H15ClN6O2S/c1-10-2-7-13(25-10)8-18-21-15-20-16(23-22-15)26-9-14(24)19-12-5-3-11(17)4-6-12/h2-8H,9H2,1H3,(H,19,24)(H2,20,21,22,23)/b18-8-. The fourth-order valence-corrected chi connectivity index (χ4v) is 2.63. The first-order valence-electron chi connectivity index (χ1n) is 7.54. The molecule has 0 saturated heterocycles. The van der Waals surface area contributed by atoms with Gasteiger partial charge in [0.2, 0.25) is 17.0 Å². The van der Waals surface area contributed by atoms with Crippen LogP contribution in [0.25, 0.3) is 0 Å². The molecule has 0 atom stereocenters. The maximum absolute atomic E-state index is 11.9. The molecule has 2 heterocycles. The Balaban J connectivity index is 1.45. The van der Waals surface area contributed by atoms with Crippen LogP contribution in [0.15, 0.2) is 51.1 Å². The fourth-order valence-electron chi connectivity index (χ4n) is 1.90. The lowest BCUT2D eigenvalue weighted by molar-refractivity contribution is -0.113. The average molecular weight is 391 g/mol. The van der Waals surface area contributed by atoms with Crippen molar-refractivity contribution in [2.45, 2.75) is 12.1 Å². The number of anilines is 2. The molecule has 0 spiro atoms. The van der Waals surface area contributed by atoms with Crippen LogP contribution >= 0.6 is 23.4 Å². The zero-order valence-electron chi connectivity index (χ0n) is 13.7. The summed E-state index contributed by atoms with van der Waals surface area (Å²) in [5.74, 6) is 1.81. The van der Waals surface area contributed by atoms with E-state index in [1.54, 1.807) is 24.3 Å². The summed E-state index contributed by atoms with van der Waals surface area (Å²) in [5.41, 5.74) is 3.39. The Morgan fingerprint density at radius 2 is 2.15 bits per heavy atom. The van der Waals surface area contributed by atoms with Crippen molar-refractivity contribution in [1.82, 2.24) is 15.2 Å². The number of furan rings is 1. The van der Waals surface area contributed by atoms with E-state index >= 15 is 0 Å². The summed E-state index contributed by atoms with van der Waals surface area (Å²) in [7, 11) is 0. The van der Waals surface area contributed by atoms with E-state index in [4.69, 9.17) is 16.0 Å².